The summed E-state index contributed by atoms with van der Waals surface area (Å²) in [7, 11) is 1.40. The lowest BCUT2D eigenvalue weighted by Gasteiger charge is -2.07. The van der Waals surface area contributed by atoms with Crippen LogP contribution in [0.5, 0.6) is 0 Å². The zero-order valence-electron chi connectivity index (χ0n) is 10.3. The molecule has 0 saturated carbocycles. The van der Waals surface area contributed by atoms with Crippen LogP contribution in [-0.2, 0) is 20.1 Å². The molecule has 7 nitrogen and oxygen atoms in total. The summed E-state index contributed by atoms with van der Waals surface area (Å²) in [4.78, 5) is 23.9. The molecule has 0 aliphatic carbocycles. The molecule has 0 aliphatic heterocycles. The van der Waals surface area contributed by atoms with Gasteiger partial charge in [0, 0.05) is 13.6 Å². The standard InChI is InChI=1S/C11H13N5O2/c1-4-6-15-9-8(10(17)14(3)11(15)18)12-13-16(9)7-5-2/h1H,5-7H2,2-3H3. The van der Waals surface area contributed by atoms with Crippen molar-refractivity contribution in [1.29, 1.82) is 0 Å². The van der Waals surface area contributed by atoms with Crippen molar-refractivity contribution in [1.82, 2.24) is 24.1 Å². The van der Waals surface area contributed by atoms with Crippen molar-refractivity contribution in [3.05, 3.63) is 20.8 Å². The second-order valence-corrected chi connectivity index (χ2v) is 3.92. The predicted molar refractivity (Wildman–Crippen MR) is 66.2 cm³/mol. The Kier molecular flexibility index (Phi) is 3.02. The third-order valence-corrected chi connectivity index (χ3v) is 2.67. The Bertz CT molecular complexity index is 744. The summed E-state index contributed by atoms with van der Waals surface area (Å²) in [5.41, 5.74) is -0.348. The van der Waals surface area contributed by atoms with E-state index in [-0.39, 0.29) is 12.1 Å². The van der Waals surface area contributed by atoms with Gasteiger partial charge < -0.3 is 0 Å². The summed E-state index contributed by atoms with van der Waals surface area (Å²) in [6.07, 6.45) is 6.07. The summed E-state index contributed by atoms with van der Waals surface area (Å²) in [6.45, 7) is 2.63. The number of terminal acetylenes is 1. The highest BCUT2D eigenvalue weighted by Gasteiger charge is 2.16. The van der Waals surface area contributed by atoms with Crippen LogP contribution in [0.3, 0.4) is 0 Å². The molecule has 0 atom stereocenters. The Hall–Kier alpha value is -2.36. The molecule has 0 aromatic carbocycles. The molecule has 18 heavy (non-hydrogen) atoms. The van der Waals surface area contributed by atoms with Gasteiger partial charge in [0.2, 0.25) is 0 Å². The molecule has 0 N–H and O–H groups in total. The molecule has 2 heterocycles. The summed E-state index contributed by atoms with van der Waals surface area (Å²) in [6, 6.07) is 0. The van der Waals surface area contributed by atoms with Crippen LogP contribution in [0.2, 0.25) is 0 Å². The van der Waals surface area contributed by atoms with E-state index in [1.54, 1.807) is 0 Å². The number of hydrogen-bond donors (Lipinski definition) is 0. The van der Waals surface area contributed by atoms with E-state index in [2.05, 4.69) is 16.2 Å². The molecule has 0 spiro atoms. The lowest BCUT2D eigenvalue weighted by atomic mass is 10.4. The first-order valence-corrected chi connectivity index (χ1v) is 5.58. The Morgan fingerprint density at radius 1 is 1.39 bits per heavy atom. The minimum atomic E-state index is -0.454. The van der Waals surface area contributed by atoms with Gasteiger partial charge in [0.25, 0.3) is 5.56 Å². The van der Waals surface area contributed by atoms with Gasteiger partial charge in [-0.15, -0.1) is 11.5 Å². The van der Waals surface area contributed by atoms with Gasteiger partial charge in [0.05, 0.1) is 6.54 Å². The average molecular weight is 247 g/mol. The van der Waals surface area contributed by atoms with Crippen molar-refractivity contribution in [2.75, 3.05) is 0 Å². The van der Waals surface area contributed by atoms with Gasteiger partial charge in [-0.05, 0) is 6.42 Å². The third kappa shape index (κ3) is 1.62. The van der Waals surface area contributed by atoms with Crippen molar-refractivity contribution < 1.29 is 0 Å². The van der Waals surface area contributed by atoms with Gasteiger partial charge in [-0.2, -0.15) is 0 Å². The molecule has 0 aliphatic rings. The SMILES string of the molecule is C#CCn1c(=O)n(C)c(=O)c2nnn(CCC)c21. The molecular weight excluding hydrogens is 234 g/mol. The largest absolute Gasteiger partial charge is 0.333 e. The fourth-order valence-electron chi connectivity index (χ4n) is 1.83. The zero-order valence-corrected chi connectivity index (χ0v) is 10.3. The van der Waals surface area contributed by atoms with Crippen LogP contribution in [0.25, 0.3) is 11.2 Å². The summed E-state index contributed by atoms with van der Waals surface area (Å²) < 4.78 is 3.87. The molecule has 0 bridgehead atoms. The monoisotopic (exact) mass is 247 g/mol. The quantitative estimate of drug-likeness (QED) is 0.674. The molecule has 0 unspecified atom stereocenters. The van der Waals surface area contributed by atoms with Crippen molar-refractivity contribution in [3.8, 4) is 12.3 Å². The fourth-order valence-corrected chi connectivity index (χ4v) is 1.83. The molecule has 2 aromatic rings. The van der Waals surface area contributed by atoms with Crippen molar-refractivity contribution >= 4 is 11.2 Å². The Morgan fingerprint density at radius 3 is 2.72 bits per heavy atom. The van der Waals surface area contributed by atoms with Gasteiger partial charge in [-0.1, -0.05) is 18.1 Å². The molecule has 0 radical (unpaired) electrons. The normalized spacial score (nSPS) is 10.7. The number of aryl methyl sites for hydroxylation is 1. The van der Waals surface area contributed by atoms with Crippen LogP contribution in [-0.4, -0.2) is 24.1 Å². The van der Waals surface area contributed by atoms with Gasteiger partial charge >= 0.3 is 5.69 Å². The van der Waals surface area contributed by atoms with E-state index in [4.69, 9.17) is 6.42 Å². The minimum absolute atomic E-state index is 0.0839. The molecule has 0 amide bonds. The second kappa shape index (κ2) is 4.49. The van der Waals surface area contributed by atoms with E-state index >= 15 is 0 Å². The second-order valence-electron chi connectivity index (χ2n) is 3.92. The molecule has 2 aromatic heterocycles. The summed E-state index contributed by atoms with van der Waals surface area (Å²) >= 11 is 0. The molecule has 0 saturated heterocycles. The fraction of sp³-hybridized carbons (Fsp3) is 0.455. The predicted octanol–water partition coefficient (Wildman–Crippen LogP) is -0.665. The van der Waals surface area contributed by atoms with Gasteiger partial charge in [0.1, 0.15) is 0 Å². The Balaban J connectivity index is 2.94. The average Bonchev–Trinajstić information content (AvgIpc) is 2.76. The van der Waals surface area contributed by atoms with Crippen LogP contribution >= 0.6 is 0 Å². The van der Waals surface area contributed by atoms with E-state index < -0.39 is 11.2 Å². The zero-order chi connectivity index (χ0) is 13.3. The van der Waals surface area contributed by atoms with Gasteiger partial charge in [-0.25, -0.2) is 9.48 Å². The summed E-state index contributed by atoms with van der Waals surface area (Å²) in [5.74, 6) is 2.40. The Labute approximate surface area is 103 Å². The van der Waals surface area contributed by atoms with E-state index in [9.17, 15) is 9.59 Å². The molecule has 94 valence electrons. The molecule has 0 fully saturated rings. The number of hydrogen-bond acceptors (Lipinski definition) is 4. The topological polar surface area (TPSA) is 74.7 Å². The lowest BCUT2D eigenvalue weighted by molar-refractivity contribution is 0.573. The van der Waals surface area contributed by atoms with E-state index in [1.807, 2.05) is 6.92 Å². The first kappa shape index (κ1) is 12.1. The van der Waals surface area contributed by atoms with Gasteiger partial charge in [0.15, 0.2) is 11.2 Å². The van der Waals surface area contributed by atoms with E-state index in [0.29, 0.717) is 12.2 Å². The van der Waals surface area contributed by atoms with Crippen LogP contribution < -0.4 is 11.2 Å². The van der Waals surface area contributed by atoms with E-state index in [0.717, 1.165) is 11.0 Å². The number of rotatable bonds is 3. The highest BCUT2D eigenvalue weighted by atomic mass is 16.2. The van der Waals surface area contributed by atoms with Crippen LogP contribution in [0.4, 0.5) is 0 Å². The minimum Gasteiger partial charge on any atom is -0.267 e. The molecule has 7 heteroatoms. The first-order valence-electron chi connectivity index (χ1n) is 5.58. The first-order chi connectivity index (χ1) is 8.61. The number of nitrogens with zero attached hydrogens (tertiary/aromatic N) is 5. The molecular formula is C11H13N5O2. The highest BCUT2D eigenvalue weighted by molar-refractivity contribution is 5.68. The molecule has 2 rings (SSSR count). The van der Waals surface area contributed by atoms with Crippen molar-refractivity contribution in [2.24, 2.45) is 7.05 Å². The van der Waals surface area contributed by atoms with E-state index in [1.165, 1.54) is 16.3 Å². The highest BCUT2D eigenvalue weighted by Crippen LogP contribution is 2.05. The number of aromatic nitrogens is 5. The van der Waals surface area contributed by atoms with Crippen LogP contribution in [0.1, 0.15) is 13.3 Å². The van der Waals surface area contributed by atoms with Gasteiger partial charge in [-0.3, -0.25) is 13.9 Å². The van der Waals surface area contributed by atoms with Crippen LogP contribution in [0, 0.1) is 12.3 Å². The maximum absolute atomic E-state index is 12.0. The number of fused-ring (bicyclic) bond motifs is 1. The summed E-state index contributed by atoms with van der Waals surface area (Å²) in [5, 5.41) is 7.73. The Morgan fingerprint density at radius 2 is 2.11 bits per heavy atom. The van der Waals surface area contributed by atoms with Crippen LogP contribution in [0.15, 0.2) is 9.59 Å². The maximum Gasteiger partial charge on any atom is 0.333 e. The van der Waals surface area contributed by atoms with Crippen molar-refractivity contribution in [2.45, 2.75) is 26.4 Å². The third-order valence-electron chi connectivity index (χ3n) is 2.67. The maximum atomic E-state index is 12.0. The van der Waals surface area contributed by atoms with Crippen molar-refractivity contribution in [3.63, 3.8) is 0 Å². The lowest BCUT2D eigenvalue weighted by Crippen LogP contribution is -2.38. The smallest absolute Gasteiger partial charge is 0.267 e.